The summed E-state index contributed by atoms with van der Waals surface area (Å²) < 4.78 is 7.22. The van der Waals surface area contributed by atoms with Crippen LogP contribution in [-0.2, 0) is 12.8 Å². The molecule has 0 spiro atoms. The second-order valence-electron chi connectivity index (χ2n) is 8.18. The van der Waals surface area contributed by atoms with Crippen molar-refractivity contribution >= 4 is 5.65 Å². The first-order chi connectivity index (χ1) is 15.7. The van der Waals surface area contributed by atoms with E-state index in [-0.39, 0.29) is 0 Å². The highest BCUT2D eigenvalue weighted by Gasteiger charge is 2.25. The van der Waals surface area contributed by atoms with Crippen molar-refractivity contribution in [3.8, 4) is 39.7 Å². The Hall–Kier alpha value is -3.99. The molecule has 0 aliphatic heterocycles. The molecule has 0 saturated heterocycles. The van der Waals surface area contributed by atoms with Crippen molar-refractivity contribution in [3.63, 3.8) is 0 Å². The molecule has 156 valence electrons. The maximum atomic E-state index is 5.31. The highest BCUT2D eigenvalue weighted by molar-refractivity contribution is 5.85. The molecule has 0 unspecified atom stereocenters. The lowest BCUT2D eigenvalue weighted by atomic mass is 9.88. The van der Waals surface area contributed by atoms with E-state index < -0.39 is 0 Å². The summed E-state index contributed by atoms with van der Waals surface area (Å²) in [7, 11) is 1.67. The molecule has 0 amide bonds. The lowest BCUT2D eigenvalue weighted by molar-refractivity contribution is 0.415. The van der Waals surface area contributed by atoms with Gasteiger partial charge in [-0.15, -0.1) is 5.10 Å². The lowest BCUT2D eigenvalue weighted by Gasteiger charge is -2.21. The second-order valence-corrected chi connectivity index (χ2v) is 8.18. The molecule has 3 aromatic carbocycles. The summed E-state index contributed by atoms with van der Waals surface area (Å²) in [5, 5.41) is 4.92. The number of nitrogens with zero attached hydrogens (tertiary/aromatic N) is 4. The predicted octanol–water partition coefficient (Wildman–Crippen LogP) is 5.54. The van der Waals surface area contributed by atoms with Crippen LogP contribution in [0.2, 0.25) is 0 Å². The van der Waals surface area contributed by atoms with Gasteiger partial charge in [0.15, 0.2) is 17.3 Å². The van der Waals surface area contributed by atoms with Crippen LogP contribution in [0.25, 0.3) is 39.5 Å². The van der Waals surface area contributed by atoms with Crippen LogP contribution in [0.3, 0.4) is 0 Å². The van der Waals surface area contributed by atoms with Gasteiger partial charge in [-0.25, -0.2) is 9.97 Å². The largest absolute Gasteiger partial charge is 0.497 e. The van der Waals surface area contributed by atoms with Gasteiger partial charge in [0.25, 0.3) is 0 Å². The zero-order valence-electron chi connectivity index (χ0n) is 18.0. The van der Waals surface area contributed by atoms with E-state index in [1.807, 2.05) is 47.0 Å². The van der Waals surface area contributed by atoms with E-state index >= 15 is 0 Å². The van der Waals surface area contributed by atoms with Crippen molar-refractivity contribution < 1.29 is 4.74 Å². The van der Waals surface area contributed by atoms with Gasteiger partial charge in [-0.1, -0.05) is 54.1 Å². The Kier molecular flexibility index (Phi) is 4.28. The number of ether oxygens (including phenoxy) is 1. The standard InChI is InChI=1S/C27H22N4O/c1-17-8-9-18-12-15-23-24(22(18)16-17)27-29-25(19-10-13-21(32-2)14-11-19)30-31(27)26(28-23)20-6-4-3-5-7-20/h3-11,13-14,16H,12,15H2,1-2H3. The number of aryl methyl sites for hydroxylation is 3. The fourth-order valence-electron chi connectivity index (χ4n) is 4.47. The smallest absolute Gasteiger partial charge is 0.182 e. The Bertz CT molecular complexity index is 1450. The monoisotopic (exact) mass is 418 g/mol. The summed E-state index contributed by atoms with van der Waals surface area (Å²) in [5.74, 6) is 2.31. The fraction of sp³-hybridized carbons (Fsp3) is 0.148. The highest BCUT2D eigenvalue weighted by Crippen LogP contribution is 2.38. The van der Waals surface area contributed by atoms with E-state index in [0.717, 1.165) is 52.4 Å². The SMILES string of the molecule is COc1ccc(-c2nc3c4c(nc(-c5ccccc5)n3n2)CCc2ccc(C)cc2-4)cc1. The summed E-state index contributed by atoms with van der Waals surface area (Å²) in [5.41, 5.74) is 8.81. The molecule has 2 aromatic heterocycles. The summed E-state index contributed by atoms with van der Waals surface area (Å²) in [6, 6.07) is 24.7. The first kappa shape index (κ1) is 18.8. The van der Waals surface area contributed by atoms with Crippen LogP contribution in [0.15, 0.2) is 72.8 Å². The van der Waals surface area contributed by atoms with Crippen LogP contribution in [-0.4, -0.2) is 26.7 Å². The molecule has 5 nitrogen and oxygen atoms in total. The van der Waals surface area contributed by atoms with Gasteiger partial charge in [-0.05, 0) is 55.2 Å². The van der Waals surface area contributed by atoms with Gasteiger partial charge in [-0.2, -0.15) is 4.52 Å². The van der Waals surface area contributed by atoms with Crippen molar-refractivity contribution in [1.29, 1.82) is 0 Å². The number of fused-ring (bicyclic) bond motifs is 5. The summed E-state index contributed by atoms with van der Waals surface area (Å²) in [6.07, 6.45) is 1.88. The zero-order valence-corrected chi connectivity index (χ0v) is 18.0. The molecule has 5 heteroatoms. The van der Waals surface area contributed by atoms with E-state index in [1.54, 1.807) is 7.11 Å². The molecule has 0 bridgehead atoms. The van der Waals surface area contributed by atoms with Crippen molar-refractivity contribution in [2.24, 2.45) is 0 Å². The first-order valence-electron chi connectivity index (χ1n) is 10.8. The normalized spacial score (nSPS) is 12.4. The molecule has 5 aromatic rings. The topological polar surface area (TPSA) is 52.3 Å². The lowest BCUT2D eigenvalue weighted by Crippen LogP contribution is -2.11. The minimum absolute atomic E-state index is 0.680. The molecule has 0 fully saturated rings. The van der Waals surface area contributed by atoms with E-state index in [4.69, 9.17) is 19.8 Å². The molecular weight excluding hydrogens is 396 g/mol. The van der Waals surface area contributed by atoms with Crippen molar-refractivity contribution in [3.05, 3.63) is 89.6 Å². The zero-order chi connectivity index (χ0) is 21.7. The molecule has 0 radical (unpaired) electrons. The summed E-state index contributed by atoms with van der Waals surface area (Å²) in [4.78, 5) is 10.2. The molecule has 1 aliphatic rings. The van der Waals surface area contributed by atoms with Crippen LogP contribution in [0, 0.1) is 6.92 Å². The van der Waals surface area contributed by atoms with E-state index in [2.05, 4.69) is 37.3 Å². The maximum absolute atomic E-state index is 5.31. The third-order valence-electron chi connectivity index (χ3n) is 6.11. The van der Waals surface area contributed by atoms with Gasteiger partial charge < -0.3 is 4.74 Å². The number of hydrogen-bond acceptors (Lipinski definition) is 4. The maximum Gasteiger partial charge on any atom is 0.182 e. The Morgan fingerprint density at radius 3 is 2.44 bits per heavy atom. The van der Waals surface area contributed by atoms with Crippen LogP contribution in [0.5, 0.6) is 5.75 Å². The van der Waals surface area contributed by atoms with Crippen molar-refractivity contribution in [1.82, 2.24) is 19.6 Å². The van der Waals surface area contributed by atoms with Gasteiger partial charge in [0, 0.05) is 16.7 Å². The Morgan fingerprint density at radius 1 is 0.844 bits per heavy atom. The number of aromatic nitrogens is 4. The fourth-order valence-corrected chi connectivity index (χ4v) is 4.47. The summed E-state index contributed by atoms with van der Waals surface area (Å²) in [6.45, 7) is 2.13. The van der Waals surface area contributed by atoms with E-state index in [9.17, 15) is 0 Å². The number of hydrogen-bond donors (Lipinski definition) is 0. The van der Waals surface area contributed by atoms with Gasteiger partial charge >= 0.3 is 0 Å². The third kappa shape index (κ3) is 2.97. The average Bonchev–Trinajstić information content (AvgIpc) is 3.29. The van der Waals surface area contributed by atoms with Crippen molar-refractivity contribution in [2.75, 3.05) is 7.11 Å². The van der Waals surface area contributed by atoms with Crippen molar-refractivity contribution in [2.45, 2.75) is 19.8 Å². The molecule has 1 aliphatic carbocycles. The quantitative estimate of drug-likeness (QED) is 0.386. The van der Waals surface area contributed by atoms with Gasteiger partial charge in [0.1, 0.15) is 5.75 Å². The van der Waals surface area contributed by atoms with Crippen LogP contribution >= 0.6 is 0 Å². The molecule has 0 atom stereocenters. The Morgan fingerprint density at radius 2 is 1.66 bits per heavy atom. The first-order valence-corrected chi connectivity index (χ1v) is 10.8. The third-order valence-corrected chi connectivity index (χ3v) is 6.11. The summed E-state index contributed by atoms with van der Waals surface area (Å²) >= 11 is 0. The number of benzene rings is 3. The molecule has 32 heavy (non-hydrogen) atoms. The van der Waals surface area contributed by atoms with Crippen LogP contribution in [0.4, 0.5) is 0 Å². The molecule has 0 saturated carbocycles. The Labute approximate surface area is 186 Å². The van der Waals surface area contributed by atoms with Gasteiger partial charge in [-0.3, -0.25) is 0 Å². The second kappa shape index (κ2) is 7.31. The van der Waals surface area contributed by atoms with Gasteiger partial charge in [0.2, 0.25) is 0 Å². The average molecular weight is 419 g/mol. The minimum Gasteiger partial charge on any atom is -0.497 e. The Balaban J connectivity index is 1.65. The van der Waals surface area contributed by atoms with Crippen LogP contribution < -0.4 is 4.74 Å². The number of methoxy groups -OCH3 is 1. The molecule has 2 heterocycles. The number of rotatable bonds is 3. The molecule has 0 N–H and O–H groups in total. The molecule has 6 rings (SSSR count). The highest BCUT2D eigenvalue weighted by atomic mass is 16.5. The van der Waals surface area contributed by atoms with E-state index in [0.29, 0.717) is 5.82 Å². The van der Waals surface area contributed by atoms with Gasteiger partial charge in [0.05, 0.1) is 12.8 Å². The minimum atomic E-state index is 0.680. The van der Waals surface area contributed by atoms with Crippen LogP contribution in [0.1, 0.15) is 16.8 Å². The molecular formula is C27H22N4O. The predicted molar refractivity (Wildman–Crippen MR) is 126 cm³/mol. The van der Waals surface area contributed by atoms with E-state index in [1.165, 1.54) is 16.7 Å².